The van der Waals surface area contributed by atoms with Crippen molar-refractivity contribution in [2.45, 2.75) is 26.2 Å². The van der Waals surface area contributed by atoms with Gasteiger partial charge in [-0.3, -0.25) is 4.79 Å². The fourth-order valence-electron chi connectivity index (χ4n) is 2.08. The van der Waals surface area contributed by atoms with Gasteiger partial charge in [-0.05, 0) is 6.42 Å². The molecule has 3 saturated heterocycles. The largest absolute Gasteiger partial charge is 0.469 e. The van der Waals surface area contributed by atoms with Crippen molar-refractivity contribution in [3.05, 3.63) is 0 Å². The van der Waals surface area contributed by atoms with E-state index in [2.05, 4.69) is 0 Å². The standard InChI is InChI=1S/C11H18O5/c1-4-8(9(12)13-3)11-14-5-10(2,6-15-11)7-16-11/h8H,4-7H2,1-3H3. The Hall–Kier alpha value is -0.650. The zero-order chi connectivity index (χ0) is 11.8. The van der Waals surface area contributed by atoms with Crippen LogP contribution in [0.4, 0.5) is 0 Å². The van der Waals surface area contributed by atoms with Gasteiger partial charge in [-0.2, -0.15) is 0 Å². The van der Waals surface area contributed by atoms with Gasteiger partial charge in [0.25, 0.3) is 5.97 Å². The molecular weight excluding hydrogens is 212 g/mol. The molecule has 0 radical (unpaired) electrons. The minimum absolute atomic E-state index is 0.0871. The topological polar surface area (TPSA) is 54.0 Å². The average molecular weight is 230 g/mol. The van der Waals surface area contributed by atoms with Gasteiger partial charge in [-0.1, -0.05) is 13.8 Å². The Labute approximate surface area is 95.0 Å². The smallest absolute Gasteiger partial charge is 0.316 e. The van der Waals surface area contributed by atoms with E-state index in [1.165, 1.54) is 7.11 Å². The Bertz CT molecular complexity index is 264. The van der Waals surface area contributed by atoms with E-state index < -0.39 is 11.9 Å². The molecule has 0 spiro atoms. The SMILES string of the molecule is CCC(C(=O)OC)C12OCC(C)(CO1)CO2. The predicted octanol–water partition coefficient (Wildman–Crippen LogP) is 0.923. The van der Waals surface area contributed by atoms with Crippen LogP contribution in [0.25, 0.3) is 0 Å². The highest BCUT2D eigenvalue weighted by molar-refractivity contribution is 5.73. The van der Waals surface area contributed by atoms with Gasteiger partial charge < -0.3 is 18.9 Å². The summed E-state index contributed by atoms with van der Waals surface area (Å²) in [5.41, 5.74) is -0.0871. The van der Waals surface area contributed by atoms with Crippen molar-refractivity contribution in [1.82, 2.24) is 0 Å². The molecule has 5 heteroatoms. The van der Waals surface area contributed by atoms with Crippen LogP contribution in [0.5, 0.6) is 0 Å². The number of methoxy groups -OCH3 is 1. The van der Waals surface area contributed by atoms with Crippen LogP contribution in [0.2, 0.25) is 0 Å². The van der Waals surface area contributed by atoms with Crippen LogP contribution < -0.4 is 0 Å². The molecule has 0 amide bonds. The van der Waals surface area contributed by atoms with E-state index in [1.54, 1.807) is 0 Å². The highest BCUT2D eigenvalue weighted by atomic mass is 16.9. The van der Waals surface area contributed by atoms with E-state index in [4.69, 9.17) is 18.9 Å². The van der Waals surface area contributed by atoms with Crippen LogP contribution in [-0.2, 0) is 23.7 Å². The summed E-state index contributed by atoms with van der Waals surface area (Å²) in [7, 11) is 1.36. The summed E-state index contributed by atoms with van der Waals surface area (Å²) in [5, 5.41) is 0. The molecular formula is C11H18O5. The van der Waals surface area contributed by atoms with Crippen LogP contribution >= 0.6 is 0 Å². The van der Waals surface area contributed by atoms with E-state index >= 15 is 0 Å². The molecule has 2 bridgehead atoms. The molecule has 1 unspecified atom stereocenters. The van der Waals surface area contributed by atoms with Gasteiger partial charge in [0, 0.05) is 5.41 Å². The maximum Gasteiger partial charge on any atom is 0.316 e. The van der Waals surface area contributed by atoms with Crippen molar-refractivity contribution in [3.8, 4) is 0 Å². The van der Waals surface area contributed by atoms with Crippen molar-refractivity contribution < 1.29 is 23.7 Å². The summed E-state index contributed by atoms with van der Waals surface area (Å²) < 4.78 is 21.5. The normalized spacial score (nSPS) is 39.4. The molecule has 16 heavy (non-hydrogen) atoms. The van der Waals surface area contributed by atoms with Gasteiger partial charge in [0.05, 0.1) is 26.9 Å². The molecule has 5 nitrogen and oxygen atoms in total. The fourth-order valence-corrected chi connectivity index (χ4v) is 2.08. The Kier molecular flexibility index (Phi) is 2.94. The summed E-state index contributed by atoms with van der Waals surface area (Å²) >= 11 is 0. The molecule has 3 aliphatic heterocycles. The minimum Gasteiger partial charge on any atom is -0.469 e. The molecule has 1 atom stereocenters. The monoisotopic (exact) mass is 230 g/mol. The molecule has 0 aromatic heterocycles. The molecule has 3 fully saturated rings. The van der Waals surface area contributed by atoms with Crippen molar-refractivity contribution in [1.29, 1.82) is 0 Å². The maximum absolute atomic E-state index is 11.6. The van der Waals surface area contributed by atoms with Crippen LogP contribution in [-0.4, -0.2) is 38.9 Å². The van der Waals surface area contributed by atoms with Crippen LogP contribution in [0.3, 0.4) is 0 Å². The molecule has 0 saturated carbocycles. The Morgan fingerprint density at radius 1 is 1.31 bits per heavy atom. The third kappa shape index (κ3) is 1.73. The number of esters is 1. The van der Waals surface area contributed by atoms with Gasteiger partial charge >= 0.3 is 5.97 Å². The molecule has 0 N–H and O–H groups in total. The molecule has 0 aromatic rings. The zero-order valence-electron chi connectivity index (χ0n) is 9.95. The number of carbonyl (C=O) groups is 1. The molecule has 0 aliphatic carbocycles. The van der Waals surface area contributed by atoms with Crippen LogP contribution in [0.1, 0.15) is 20.3 Å². The van der Waals surface area contributed by atoms with Crippen molar-refractivity contribution in [3.63, 3.8) is 0 Å². The van der Waals surface area contributed by atoms with E-state index in [9.17, 15) is 4.79 Å². The van der Waals surface area contributed by atoms with Crippen molar-refractivity contribution >= 4 is 5.97 Å². The lowest BCUT2D eigenvalue weighted by atomic mass is 9.89. The predicted molar refractivity (Wildman–Crippen MR) is 54.5 cm³/mol. The Morgan fingerprint density at radius 2 is 1.81 bits per heavy atom. The second-order valence-corrected chi connectivity index (χ2v) is 4.76. The number of fused-ring (bicyclic) bond motifs is 3. The summed E-state index contributed by atoms with van der Waals surface area (Å²) in [6, 6.07) is 0. The number of hydrogen-bond acceptors (Lipinski definition) is 5. The first-order chi connectivity index (χ1) is 7.55. The molecule has 3 heterocycles. The second kappa shape index (κ2) is 3.98. The van der Waals surface area contributed by atoms with E-state index in [-0.39, 0.29) is 11.4 Å². The highest BCUT2D eigenvalue weighted by Crippen LogP contribution is 2.43. The Balaban J connectivity index is 2.16. The quantitative estimate of drug-likeness (QED) is 0.675. The molecule has 92 valence electrons. The minimum atomic E-state index is -1.22. The third-order valence-corrected chi connectivity index (χ3v) is 3.19. The summed E-state index contributed by atoms with van der Waals surface area (Å²) in [6.45, 7) is 5.59. The van der Waals surface area contributed by atoms with Crippen LogP contribution in [0.15, 0.2) is 0 Å². The van der Waals surface area contributed by atoms with Gasteiger partial charge in [0.15, 0.2) is 0 Å². The average Bonchev–Trinajstić information content (AvgIpc) is 2.31. The van der Waals surface area contributed by atoms with Gasteiger partial charge in [-0.15, -0.1) is 0 Å². The summed E-state index contributed by atoms with van der Waals surface area (Å²) in [6.07, 6.45) is 0.559. The maximum atomic E-state index is 11.6. The molecule has 3 rings (SSSR count). The number of hydrogen-bond donors (Lipinski definition) is 0. The lowest BCUT2D eigenvalue weighted by molar-refractivity contribution is -0.479. The van der Waals surface area contributed by atoms with Gasteiger partial charge in [0.1, 0.15) is 5.92 Å². The Morgan fingerprint density at radius 3 is 2.19 bits per heavy atom. The third-order valence-electron chi connectivity index (χ3n) is 3.19. The number of rotatable bonds is 3. The zero-order valence-corrected chi connectivity index (χ0v) is 9.95. The summed E-state index contributed by atoms with van der Waals surface area (Å²) in [5.74, 6) is -2.10. The number of carbonyl (C=O) groups excluding carboxylic acids is 1. The first-order valence-corrected chi connectivity index (χ1v) is 5.55. The highest BCUT2D eigenvalue weighted by Gasteiger charge is 2.56. The molecule has 3 aliphatic rings. The van der Waals surface area contributed by atoms with E-state index in [0.717, 1.165) is 0 Å². The van der Waals surface area contributed by atoms with E-state index in [1.807, 2.05) is 13.8 Å². The molecule has 0 aromatic carbocycles. The number of ether oxygens (including phenoxy) is 4. The van der Waals surface area contributed by atoms with Crippen LogP contribution in [0, 0.1) is 11.3 Å². The van der Waals surface area contributed by atoms with E-state index in [0.29, 0.717) is 26.2 Å². The first-order valence-electron chi connectivity index (χ1n) is 5.55. The van der Waals surface area contributed by atoms with Crippen molar-refractivity contribution in [2.75, 3.05) is 26.9 Å². The second-order valence-electron chi connectivity index (χ2n) is 4.76. The van der Waals surface area contributed by atoms with Gasteiger partial charge in [0.2, 0.25) is 0 Å². The lowest BCUT2D eigenvalue weighted by Crippen LogP contribution is -2.63. The lowest BCUT2D eigenvalue weighted by Gasteiger charge is -2.52. The fraction of sp³-hybridized carbons (Fsp3) is 0.909. The summed E-state index contributed by atoms with van der Waals surface area (Å²) in [4.78, 5) is 11.6. The first kappa shape index (κ1) is 11.8. The van der Waals surface area contributed by atoms with Gasteiger partial charge in [-0.25, -0.2) is 0 Å². The van der Waals surface area contributed by atoms with Crippen molar-refractivity contribution in [2.24, 2.45) is 11.3 Å².